The van der Waals surface area contributed by atoms with Crippen LogP contribution in [0.3, 0.4) is 0 Å². The zero-order valence-corrected chi connectivity index (χ0v) is 27.6. The second kappa shape index (κ2) is 12.4. The van der Waals surface area contributed by atoms with Crippen LogP contribution in [0.2, 0.25) is 0 Å². The monoisotopic (exact) mass is 634 g/mol. The van der Waals surface area contributed by atoms with Crippen molar-refractivity contribution in [3.63, 3.8) is 0 Å². The summed E-state index contributed by atoms with van der Waals surface area (Å²) >= 11 is 0. The Hall–Kier alpha value is -6.20. The topological polar surface area (TPSA) is 64.7 Å². The summed E-state index contributed by atoms with van der Waals surface area (Å²) in [5, 5.41) is 11.0. The third-order valence-corrected chi connectivity index (χ3v) is 8.83. The van der Waals surface area contributed by atoms with E-state index in [9.17, 15) is 0 Å². The standard InChI is InChI=1S/C44H34N4O/c1-44(2,3)36-21-11-20-34(26-36)42-47-48-43(49-42)35-24-23-30-17-12-22-37(38(30)27-35)40-28-39(45-41(46-40)31-15-8-5-9-16-31)33-19-10-18-32(25-33)29-13-6-4-7-14-29/h4-28H,1-3H3. The molecule has 0 aliphatic heterocycles. The molecule has 236 valence electrons. The fraction of sp³-hybridized carbons (Fsp3) is 0.0909. The second-order valence-electron chi connectivity index (χ2n) is 13.3. The summed E-state index contributed by atoms with van der Waals surface area (Å²) in [5.74, 6) is 1.64. The van der Waals surface area contributed by atoms with Crippen molar-refractivity contribution in [3.05, 3.63) is 157 Å². The molecule has 0 atom stereocenters. The van der Waals surface area contributed by atoms with Gasteiger partial charge in [0.1, 0.15) is 0 Å². The van der Waals surface area contributed by atoms with Gasteiger partial charge in [0.15, 0.2) is 5.82 Å². The lowest BCUT2D eigenvalue weighted by atomic mass is 9.86. The van der Waals surface area contributed by atoms with Crippen LogP contribution in [0.25, 0.3) is 78.7 Å². The van der Waals surface area contributed by atoms with Crippen LogP contribution in [-0.2, 0) is 5.41 Å². The van der Waals surface area contributed by atoms with Crippen molar-refractivity contribution >= 4 is 10.8 Å². The van der Waals surface area contributed by atoms with Gasteiger partial charge >= 0.3 is 0 Å². The van der Waals surface area contributed by atoms with Gasteiger partial charge in [-0.2, -0.15) is 0 Å². The summed E-state index contributed by atoms with van der Waals surface area (Å²) in [6.45, 7) is 6.59. The first-order chi connectivity index (χ1) is 23.9. The highest BCUT2D eigenvalue weighted by molar-refractivity contribution is 5.98. The SMILES string of the molecule is CC(C)(C)c1cccc(-c2nnc(-c3ccc4cccc(-c5cc(-c6cccc(-c7ccccc7)c6)nc(-c6ccccc6)n5)c4c3)o2)c1. The predicted octanol–water partition coefficient (Wildman–Crippen LogP) is 11.3. The summed E-state index contributed by atoms with van der Waals surface area (Å²) in [6.07, 6.45) is 0. The first-order valence-corrected chi connectivity index (χ1v) is 16.5. The maximum Gasteiger partial charge on any atom is 0.248 e. The third-order valence-electron chi connectivity index (χ3n) is 8.83. The molecule has 0 radical (unpaired) electrons. The molecular formula is C44H34N4O. The van der Waals surface area contributed by atoms with E-state index in [2.05, 4.69) is 140 Å². The van der Waals surface area contributed by atoms with Crippen LogP contribution in [0.4, 0.5) is 0 Å². The van der Waals surface area contributed by atoms with Crippen LogP contribution in [0.1, 0.15) is 26.3 Å². The van der Waals surface area contributed by atoms with E-state index >= 15 is 0 Å². The molecule has 0 aliphatic rings. The van der Waals surface area contributed by atoms with Gasteiger partial charge in [0.25, 0.3) is 0 Å². The molecule has 0 unspecified atom stereocenters. The first-order valence-electron chi connectivity index (χ1n) is 16.5. The molecular weight excluding hydrogens is 601 g/mol. The molecule has 8 aromatic rings. The smallest absolute Gasteiger partial charge is 0.248 e. The Labute approximate surface area is 286 Å². The zero-order chi connectivity index (χ0) is 33.4. The Kier molecular flexibility index (Phi) is 7.65. The van der Waals surface area contributed by atoms with Crippen molar-refractivity contribution in [1.82, 2.24) is 20.2 Å². The van der Waals surface area contributed by atoms with Crippen LogP contribution in [0.15, 0.2) is 156 Å². The quantitative estimate of drug-likeness (QED) is 0.182. The minimum absolute atomic E-state index is 0.0134. The summed E-state index contributed by atoms with van der Waals surface area (Å²) in [4.78, 5) is 10.2. The number of nitrogens with zero attached hydrogens (tertiary/aromatic N) is 4. The minimum atomic E-state index is 0.0134. The molecule has 0 bridgehead atoms. The molecule has 0 amide bonds. The molecule has 49 heavy (non-hydrogen) atoms. The summed E-state index contributed by atoms with van der Waals surface area (Å²) in [7, 11) is 0. The first kappa shape index (κ1) is 30.2. The lowest BCUT2D eigenvalue weighted by Crippen LogP contribution is -2.10. The highest BCUT2D eigenvalue weighted by Gasteiger charge is 2.18. The number of hydrogen-bond donors (Lipinski definition) is 0. The van der Waals surface area contributed by atoms with Gasteiger partial charge in [-0.05, 0) is 69.3 Å². The Morgan fingerprint density at radius 1 is 0.449 bits per heavy atom. The molecule has 5 heteroatoms. The van der Waals surface area contributed by atoms with E-state index in [1.165, 1.54) is 5.56 Å². The maximum atomic E-state index is 6.27. The van der Waals surface area contributed by atoms with Gasteiger partial charge in [-0.25, -0.2) is 9.97 Å². The largest absolute Gasteiger partial charge is 0.416 e. The third kappa shape index (κ3) is 6.15. The van der Waals surface area contributed by atoms with Gasteiger partial charge in [-0.15, -0.1) is 10.2 Å². The van der Waals surface area contributed by atoms with Gasteiger partial charge in [0.2, 0.25) is 11.8 Å². The molecule has 8 rings (SSSR count). The maximum absolute atomic E-state index is 6.27. The molecule has 0 saturated heterocycles. The van der Waals surface area contributed by atoms with Crippen molar-refractivity contribution in [2.45, 2.75) is 26.2 Å². The molecule has 0 fully saturated rings. The minimum Gasteiger partial charge on any atom is -0.416 e. The van der Waals surface area contributed by atoms with Gasteiger partial charge in [-0.3, -0.25) is 0 Å². The number of aromatic nitrogens is 4. The lowest BCUT2D eigenvalue weighted by molar-refractivity contribution is 0.580. The van der Waals surface area contributed by atoms with Crippen molar-refractivity contribution in [1.29, 1.82) is 0 Å². The average molecular weight is 635 g/mol. The number of rotatable bonds is 6. The fourth-order valence-electron chi connectivity index (χ4n) is 6.14. The Morgan fingerprint density at radius 3 is 1.82 bits per heavy atom. The highest BCUT2D eigenvalue weighted by Crippen LogP contribution is 2.36. The fourth-order valence-corrected chi connectivity index (χ4v) is 6.14. The van der Waals surface area contributed by atoms with Gasteiger partial charge in [-0.1, -0.05) is 136 Å². The van der Waals surface area contributed by atoms with E-state index in [-0.39, 0.29) is 5.41 Å². The van der Waals surface area contributed by atoms with Crippen LogP contribution in [0, 0.1) is 0 Å². The Balaban J connectivity index is 1.24. The normalized spacial score (nSPS) is 11.6. The summed E-state index contributed by atoms with van der Waals surface area (Å²) < 4.78 is 6.27. The molecule has 0 N–H and O–H groups in total. The van der Waals surface area contributed by atoms with Gasteiger partial charge in [0, 0.05) is 27.8 Å². The molecule has 0 aliphatic carbocycles. The Morgan fingerprint density at radius 2 is 1.06 bits per heavy atom. The van der Waals surface area contributed by atoms with E-state index in [1.807, 2.05) is 42.5 Å². The summed E-state index contributed by atoms with van der Waals surface area (Å²) in [5.41, 5.74) is 9.95. The van der Waals surface area contributed by atoms with Crippen molar-refractivity contribution in [3.8, 4) is 67.9 Å². The molecule has 0 spiro atoms. The number of fused-ring (bicyclic) bond motifs is 1. The molecule has 0 saturated carbocycles. The van der Waals surface area contributed by atoms with Crippen LogP contribution < -0.4 is 0 Å². The highest BCUT2D eigenvalue weighted by atomic mass is 16.4. The van der Waals surface area contributed by atoms with E-state index in [1.54, 1.807) is 0 Å². The lowest BCUT2D eigenvalue weighted by Gasteiger charge is -2.19. The average Bonchev–Trinajstić information content (AvgIpc) is 3.65. The number of hydrogen-bond acceptors (Lipinski definition) is 5. The molecule has 2 aromatic heterocycles. The zero-order valence-electron chi connectivity index (χ0n) is 27.6. The predicted molar refractivity (Wildman–Crippen MR) is 199 cm³/mol. The van der Waals surface area contributed by atoms with Crippen LogP contribution in [0.5, 0.6) is 0 Å². The van der Waals surface area contributed by atoms with E-state index in [0.717, 1.165) is 61.1 Å². The summed E-state index contributed by atoms with van der Waals surface area (Å²) in [6, 6.07) is 52.0. The van der Waals surface area contributed by atoms with Crippen LogP contribution >= 0.6 is 0 Å². The molecule has 5 nitrogen and oxygen atoms in total. The van der Waals surface area contributed by atoms with Crippen molar-refractivity contribution < 1.29 is 4.42 Å². The van der Waals surface area contributed by atoms with Gasteiger partial charge < -0.3 is 4.42 Å². The van der Waals surface area contributed by atoms with E-state index in [4.69, 9.17) is 14.4 Å². The van der Waals surface area contributed by atoms with Gasteiger partial charge in [0.05, 0.1) is 11.4 Å². The molecule has 6 aromatic carbocycles. The van der Waals surface area contributed by atoms with Crippen molar-refractivity contribution in [2.24, 2.45) is 0 Å². The van der Waals surface area contributed by atoms with E-state index in [0.29, 0.717) is 17.6 Å². The van der Waals surface area contributed by atoms with Crippen molar-refractivity contribution in [2.75, 3.05) is 0 Å². The van der Waals surface area contributed by atoms with E-state index < -0.39 is 0 Å². The van der Waals surface area contributed by atoms with Crippen LogP contribution in [-0.4, -0.2) is 20.2 Å². The Bertz CT molecular complexity index is 2430. The number of benzene rings is 6. The second-order valence-corrected chi connectivity index (χ2v) is 13.3. The molecule has 2 heterocycles.